The van der Waals surface area contributed by atoms with Crippen LogP contribution in [0.5, 0.6) is 5.75 Å². The molecule has 1 aliphatic carbocycles. The number of hydrogen-bond acceptors (Lipinski definition) is 4. The van der Waals surface area contributed by atoms with Gasteiger partial charge in [0.05, 0.1) is 18.7 Å². The van der Waals surface area contributed by atoms with Crippen molar-refractivity contribution >= 4 is 17.4 Å². The van der Waals surface area contributed by atoms with Crippen LogP contribution in [0.3, 0.4) is 0 Å². The van der Waals surface area contributed by atoms with Crippen molar-refractivity contribution in [2.45, 2.75) is 77.6 Å². The summed E-state index contributed by atoms with van der Waals surface area (Å²) >= 11 is 0. The highest BCUT2D eigenvalue weighted by molar-refractivity contribution is 5.97. The Balaban J connectivity index is 1.67. The molecule has 2 atom stereocenters. The standard InChI is InChI=1S/C30H34F3NO4/c1-5-8-26(35)20-11-12-27(37-4)25(16-20)24-10-7-6-9-21(24)17-34-19(3)28(38-29(34)36)22-13-18(2)14-23(15-22)30(31,32)33/h11-16,19,28H,5-10,17H2,1-4H3/t19-,28-/m0/s1. The molecular formula is C30H34F3NO4. The van der Waals surface area contributed by atoms with Crippen LogP contribution in [0, 0.1) is 6.92 Å². The Kier molecular flexibility index (Phi) is 8.19. The first-order chi connectivity index (χ1) is 18.0. The summed E-state index contributed by atoms with van der Waals surface area (Å²) in [4.78, 5) is 27.2. The molecule has 0 radical (unpaired) electrons. The number of rotatable bonds is 8. The number of amides is 1. The summed E-state index contributed by atoms with van der Waals surface area (Å²) in [6.07, 6.45) is -1.12. The predicted octanol–water partition coefficient (Wildman–Crippen LogP) is 7.91. The average molecular weight is 530 g/mol. The monoisotopic (exact) mass is 529 g/mol. The van der Waals surface area contributed by atoms with E-state index in [1.54, 1.807) is 38.0 Å². The lowest BCUT2D eigenvalue weighted by molar-refractivity contribution is -0.137. The van der Waals surface area contributed by atoms with Crippen molar-refractivity contribution in [1.29, 1.82) is 0 Å². The van der Waals surface area contributed by atoms with Crippen molar-refractivity contribution in [2.75, 3.05) is 13.7 Å². The van der Waals surface area contributed by atoms with Crippen LogP contribution in [0.2, 0.25) is 0 Å². The maximum Gasteiger partial charge on any atom is 0.416 e. The molecule has 0 bridgehead atoms. The number of allylic oxidation sites excluding steroid dienone is 1. The lowest BCUT2D eigenvalue weighted by atomic mass is 9.85. The molecule has 0 saturated carbocycles. The summed E-state index contributed by atoms with van der Waals surface area (Å²) in [5.41, 5.74) is 3.64. The summed E-state index contributed by atoms with van der Waals surface area (Å²) in [6.45, 7) is 5.68. The van der Waals surface area contributed by atoms with Gasteiger partial charge < -0.3 is 9.47 Å². The minimum atomic E-state index is -4.49. The van der Waals surface area contributed by atoms with Gasteiger partial charge in [0.1, 0.15) is 11.9 Å². The maximum atomic E-state index is 13.4. The maximum absolute atomic E-state index is 13.4. The first kappa shape index (κ1) is 27.7. The van der Waals surface area contributed by atoms with Crippen LogP contribution in [0.25, 0.3) is 5.57 Å². The van der Waals surface area contributed by atoms with Gasteiger partial charge in [-0.25, -0.2) is 4.79 Å². The van der Waals surface area contributed by atoms with Crippen molar-refractivity contribution in [2.24, 2.45) is 0 Å². The number of carbonyl (C=O) groups excluding carboxylic acids is 2. The molecule has 2 aromatic rings. The number of Topliss-reactive ketones (excluding diaryl/α,β-unsaturated/α-hetero) is 1. The number of halogens is 3. The number of benzene rings is 2. The summed E-state index contributed by atoms with van der Waals surface area (Å²) in [6, 6.07) is 8.83. The number of aryl methyl sites for hydroxylation is 1. The third-order valence-electron chi connectivity index (χ3n) is 7.41. The van der Waals surface area contributed by atoms with Gasteiger partial charge in [-0.2, -0.15) is 13.2 Å². The van der Waals surface area contributed by atoms with Crippen molar-refractivity contribution in [3.63, 3.8) is 0 Å². The van der Waals surface area contributed by atoms with Crippen LogP contribution in [0.15, 0.2) is 42.0 Å². The second kappa shape index (κ2) is 11.2. The summed E-state index contributed by atoms with van der Waals surface area (Å²) in [5, 5.41) is 0. The Morgan fingerprint density at radius 3 is 2.55 bits per heavy atom. The van der Waals surface area contributed by atoms with Crippen LogP contribution in [-0.2, 0) is 10.9 Å². The molecular weight excluding hydrogens is 495 g/mol. The van der Waals surface area contributed by atoms with Gasteiger partial charge >= 0.3 is 12.3 Å². The molecule has 0 N–H and O–H groups in total. The van der Waals surface area contributed by atoms with Gasteiger partial charge in [-0.1, -0.05) is 18.6 Å². The number of nitrogens with zero attached hydrogens (tertiary/aromatic N) is 1. The normalized spacial score (nSPS) is 20.1. The molecule has 1 heterocycles. The molecule has 0 unspecified atom stereocenters. The van der Waals surface area contributed by atoms with Crippen LogP contribution >= 0.6 is 0 Å². The van der Waals surface area contributed by atoms with Gasteiger partial charge in [0.2, 0.25) is 0 Å². The highest BCUT2D eigenvalue weighted by Gasteiger charge is 2.41. The van der Waals surface area contributed by atoms with E-state index in [4.69, 9.17) is 9.47 Å². The largest absolute Gasteiger partial charge is 0.496 e. The van der Waals surface area contributed by atoms with Crippen LogP contribution < -0.4 is 4.74 Å². The second-order valence-corrected chi connectivity index (χ2v) is 10.2. The first-order valence-electron chi connectivity index (χ1n) is 13.1. The van der Waals surface area contributed by atoms with E-state index in [9.17, 15) is 22.8 Å². The average Bonchev–Trinajstić information content (AvgIpc) is 3.16. The number of methoxy groups -OCH3 is 1. The zero-order valence-corrected chi connectivity index (χ0v) is 22.3. The Hall–Kier alpha value is -3.29. The molecule has 0 spiro atoms. The van der Waals surface area contributed by atoms with Gasteiger partial charge in [-0.05, 0) is 93.0 Å². The lowest BCUT2D eigenvalue weighted by Crippen LogP contribution is -2.34. The van der Waals surface area contributed by atoms with Gasteiger partial charge in [0, 0.05) is 24.1 Å². The van der Waals surface area contributed by atoms with Crippen molar-refractivity contribution in [1.82, 2.24) is 4.90 Å². The molecule has 38 heavy (non-hydrogen) atoms. The Morgan fingerprint density at radius 1 is 1.13 bits per heavy atom. The second-order valence-electron chi connectivity index (χ2n) is 10.2. The van der Waals surface area contributed by atoms with Crippen LogP contribution in [0.4, 0.5) is 18.0 Å². The number of hydrogen-bond donors (Lipinski definition) is 0. The number of ketones is 1. The zero-order valence-electron chi connectivity index (χ0n) is 22.3. The Bertz CT molecular complexity index is 1250. The fourth-order valence-corrected chi connectivity index (χ4v) is 5.46. The summed E-state index contributed by atoms with van der Waals surface area (Å²) in [7, 11) is 1.59. The molecule has 0 aromatic heterocycles. The number of ether oxygens (including phenoxy) is 2. The van der Waals surface area contributed by atoms with Crippen molar-refractivity contribution in [3.05, 3.63) is 69.8 Å². The van der Waals surface area contributed by atoms with E-state index in [-0.39, 0.29) is 5.78 Å². The molecule has 1 aliphatic heterocycles. The molecule has 2 aliphatic rings. The smallest absolute Gasteiger partial charge is 0.416 e. The third-order valence-corrected chi connectivity index (χ3v) is 7.41. The van der Waals surface area contributed by atoms with E-state index >= 15 is 0 Å². The van der Waals surface area contributed by atoms with E-state index in [1.165, 1.54) is 0 Å². The fraction of sp³-hybridized carbons (Fsp3) is 0.467. The van der Waals surface area contributed by atoms with Gasteiger partial charge in [0.15, 0.2) is 5.78 Å². The number of alkyl halides is 3. The Labute approximate surface area is 221 Å². The molecule has 1 amide bonds. The van der Waals surface area contributed by atoms with E-state index < -0.39 is 30.0 Å². The molecule has 1 saturated heterocycles. The predicted molar refractivity (Wildman–Crippen MR) is 139 cm³/mol. The van der Waals surface area contributed by atoms with Crippen molar-refractivity contribution in [3.8, 4) is 5.75 Å². The SMILES string of the molecule is CCCC(=O)c1ccc(OC)c(C2=C(CN3C(=O)O[C@H](c4cc(C)cc(C(F)(F)F)c4)[C@@H]3C)CCCC2)c1. The molecule has 2 aromatic carbocycles. The van der Waals surface area contributed by atoms with Gasteiger partial charge in [-0.15, -0.1) is 0 Å². The quantitative estimate of drug-likeness (QED) is 0.326. The molecule has 4 rings (SSSR count). The molecule has 8 heteroatoms. The molecule has 204 valence electrons. The highest BCUT2D eigenvalue weighted by atomic mass is 19.4. The van der Waals surface area contributed by atoms with Crippen LogP contribution in [0.1, 0.15) is 91.1 Å². The topological polar surface area (TPSA) is 55.8 Å². The van der Waals surface area contributed by atoms with E-state index in [0.29, 0.717) is 35.4 Å². The first-order valence-corrected chi connectivity index (χ1v) is 13.1. The van der Waals surface area contributed by atoms with E-state index in [1.807, 2.05) is 19.1 Å². The minimum absolute atomic E-state index is 0.0744. The fourth-order valence-electron chi connectivity index (χ4n) is 5.46. The minimum Gasteiger partial charge on any atom is -0.496 e. The Morgan fingerprint density at radius 2 is 1.87 bits per heavy atom. The summed E-state index contributed by atoms with van der Waals surface area (Å²) in [5.74, 6) is 0.743. The highest BCUT2D eigenvalue weighted by Crippen LogP contribution is 2.41. The van der Waals surface area contributed by atoms with E-state index in [0.717, 1.165) is 60.9 Å². The molecule has 1 fully saturated rings. The van der Waals surface area contributed by atoms with Crippen LogP contribution in [-0.4, -0.2) is 36.5 Å². The third kappa shape index (κ3) is 5.74. The van der Waals surface area contributed by atoms with Crippen molar-refractivity contribution < 1.29 is 32.2 Å². The van der Waals surface area contributed by atoms with Gasteiger partial charge in [-0.3, -0.25) is 9.69 Å². The summed E-state index contributed by atoms with van der Waals surface area (Å²) < 4.78 is 51.5. The zero-order chi connectivity index (χ0) is 27.6. The van der Waals surface area contributed by atoms with Gasteiger partial charge in [0.25, 0.3) is 0 Å². The molecule has 5 nitrogen and oxygen atoms in total. The lowest BCUT2D eigenvalue weighted by Gasteiger charge is -2.28. The number of carbonyl (C=O) groups is 2. The number of cyclic esters (lactones) is 1. The van der Waals surface area contributed by atoms with E-state index in [2.05, 4.69) is 0 Å².